The van der Waals surface area contributed by atoms with E-state index in [2.05, 4.69) is 21.2 Å². The van der Waals surface area contributed by atoms with E-state index in [1.54, 1.807) is 0 Å². The summed E-state index contributed by atoms with van der Waals surface area (Å²) in [6.07, 6.45) is 4.99. The van der Waals surface area contributed by atoms with E-state index in [-0.39, 0.29) is 5.56 Å². The van der Waals surface area contributed by atoms with Crippen molar-refractivity contribution < 1.29 is 0 Å². The van der Waals surface area contributed by atoms with Gasteiger partial charge in [-0.1, -0.05) is 29.8 Å². The topological polar surface area (TPSA) is 53.9 Å². The Morgan fingerprint density at radius 1 is 1.38 bits per heavy atom. The number of H-pyrrole nitrogens is 1. The van der Waals surface area contributed by atoms with Crippen LogP contribution in [0.4, 0.5) is 0 Å². The molecular weight excluding hydrogens is 324 g/mol. The highest BCUT2D eigenvalue weighted by Gasteiger charge is 2.26. The number of aryl methyl sites for hydroxylation is 1. The average Bonchev–Trinajstić information content (AvgIpc) is 3.20. The Morgan fingerprint density at radius 2 is 2.21 bits per heavy atom. The van der Waals surface area contributed by atoms with Crippen molar-refractivity contribution in [3.8, 4) is 0 Å². The van der Waals surface area contributed by atoms with Gasteiger partial charge in [-0.25, -0.2) is 0 Å². The van der Waals surface area contributed by atoms with Gasteiger partial charge in [-0.3, -0.25) is 14.4 Å². The maximum Gasteiger partial charge on any atom is 0.254 e. The standard InChI is InChI=1S/C18H19ClN4O/c1-12-8-20-23(9-12)13-6-7-22(10-13)11-15-17(19)14-4-2-3-5-16(14)21-18(15)24/h2-5,8-9,13H,6-7,10-11H2,1H3,(H,21,24). The minimum Gasteiger partial charge on any atom is -0.322 e. The number of aromatic amines is 1. The first-order chi connectivity index (χ1) is 11.6. The van der Waals surface area contributed by atoms with Crippen LogP contribution in [0.3, 0.4) is 0 Å². The van der Waals surface area contributed by atoms with Crippen molar-refractivity contribution in [3.05, 3.63) is 63.2 Å². The lowest BCUT2D eigenvalue weighted by atomic mass is 10.1. The molecule has 6 heteroatoms. The van der Waals surface area contributed by atoms with Crippen LogP contribution >= 0.6 is 11.6 Å². The highest BCUT2D eigenvalue weighted by molar-refractivity contribution is 6.36. The van der Waals surface area contributed by atoms with Crippen LogP contribution in [0.5, 0.6) is 0 Å². The van der Waals surface area contributed by atoms with Crippen LogP contribution in [0.2, 0.25) is 5.02 Å². The molecule has 1 aromatic carbocycles. The Balaban J connectivity index is 1.58. The van der Waals surface area contributed by atoms with E-state index < -0.39 is 0 Å². The van der Waals surface area contributed by atoms with Crippen LogP contribution in [-0.4, -0.2) is 32.8 Å². The van der Waals surface area contributed by atoms with E-state index in [4.69, 9.17) is 11.6 Å². The van der Waals surface area contributed by atoms with Gasteiger partial charge in [-0.2, -0.15) is 5.10 Å². The third-order valence-corrected chi connectivity index (χ3v) is 5.12. The van der Waals surface area contributed by atoms with Crippen molar-refractivity contribution in [2.75, 3.05) is 13.1 Å². The normalized spacial score (nSPS) is 18.5. The largest absolute Gasteiger partial charge is 0.322 e. The number of hydrogen-bond acceptors (Lipinski definition) is 3. The highest BCUT2D eigenvalue weighted by Crippen LogP contribution is 2.27. The number of hydrogen-bond donors (Lipinski definition) is 1. The molecule has 3 heterocycles. The predicted octanol–water partition coefficient (Wildman–Crippen LogP) is 3.13. The van der Waals surface area contributed by atoms with Crippen LogP contribution < -0.4 is 5.56 Å². The minimum atomic E-state index is -0.0999. The van der Waals surface area contributed by atoms with Crippen molar-refractivity contribution in [3.63, 3.8) is 0 Å². The molecule has 124 valence electrons. The summed E-state index contributed by atoms with van der Waals surface area (Å²) in [5, 5.41) is 5.87. The molecule has 0 spiro atoms. The Labute approximate surface area is 144 Å². The molecule has 3 aromatic rings. The van der Waals surface area contributed by atoms with Gasteiger partial charge in [0.05, 0.1) is 22.8 Å². The summed E-state index contributed by atoms with van der Waals surface area (Å²) in [6.45, 7) is 4.43. The van der Waals surface area contributed by atoms with Crippen molar-refractivity contribution in [2.24, 2.45) is 0 Å². The molecule has 1 unspecified atom stereocenters. The van der Waals surface area contributed by atoms with Gasteiger partial charge in [0, 0.05) is 36.7 Å². The minimum absolute atomic E-state index is 0.0999. The van der Waals surface area contributed by atoms with Crippen LogP contribution in [-0.2, 0) is 6.54 Å². The van der Waals surface area contributed by atoms with Crippen molar-refractivity contribution >= 4 is 22.5 Å². The predicted molar refractivity (Wildman–Crippen MR) is 95.5 cm³/mol. The second-order valence-electron chi connectivity index (χ2n) is 6.47. The molecule has 0 aliphatic carbocycles. The number of fused-ring (bicyclic) bond motifs is 1. The zero-order valence-corrected chi connectivity index (χ0v) is 14.3. The number of para-hydroxylation sites is 1. The second kappa shape index (κ2) is 6.07. The fourth-order valence-corrected chi connectivity index (χ4v) is 3.72. The molecule has 1 saturated heterocycles. The molecule has 0 saturated carbocycles. The van der Waals surface area contributed by atoms with E-state index in [1.807, 2.05) is 42.1 Å². The van der Waals surface area contributed by atoms with Crippen LogP contribution in [0.15, 0.2) is 41.5 Å². The first-order valence-electron chi connectivity index (χ1n) is 8.14. The monoisotopic (exact) mass is 342 g/mol. The number of nitrogens with zero attached hydrogens (tertiary/aromatic N) is 3. The molecule has 0 radical (unpaired) electrons. The molecule has 1 atom stereocenters. The quantitative estimate of drug-likeness (QED) is 0.795. The fraction of sp³-hybridized carbons (Fsp3) is 0.333. The Bertz CT molecular complexity index is 946. The second-order valence-corrected chi connectivity index (χ2v) is 6.85. The number of rotatable bonds is 3. The van der Waals surface area contributed by atoms with Gasteiger partial charge in [-0.05, 0) is 25.0 Å². The maximum absolute atomic E-state index is 12.4. The summed E-state index contributed by atoms with van der Waals surface area (Å²) in [4.78, 5) is 17.6. The van der Waals surface area contributed by atoms with Crippen LogP contribution in [0.1, 0.15) is 23.6 Å². The van der Waals surface area contributed by atoms with Crippen molar-refractivity contribution in [2.45, 2.75) is 25.9 Å². The number of likely N-dealkylation sites (tertiary alicyclic amines) is 1. The van der Waals surface area contributed by atoms with E-state index in [0.717, 1.165) is 30.4 Å². The number of halogens is 1. The smallest absolute Gasteiger partial charge is 0.254 e. The van der Waals surface area contributed by atoms with Gasteiger partial charge >= 0.3 is 0 Å². The van der Waals surface area contributed by atoms with Crippen molar-refractivity contribution in [1.29, 1.82) is 0 Å². The summed E-state index contributed by atoms with van der Waals surface area (Å²) < 4.78 is 2.03. The Hall–Kier alpha value is -2.11. The van der Waals surface area contributed by atoms with E-state index in [1.165, 1.54) is 5.56 Å². The molecule has 4 rings (SSSR count). The van der Waals surface area contributed by atoms with Gasteiger partial charge in [0.25, 0.3) is 5.56 Å². The van der Waals surface area contributed by atoms with Gasteiger partial charge in [0.15, 0.2) is 0 Å². The molecule has 0 amide bonds. The summed E-state index contributed by atoms with van der Waals surface area (Å²) in [5.74, 6) is 0. The summed E-state index contributed by atoms with van der Waals surface area (Å²) >= 11 is 6.52. The number of aromatic nitrogens is 3. The fourth-order valence-electron chi connectivity index (χ4n) is 3.41. The summed E-state index contributed by atoms with van der Waals surface area (Å²) in [6, 6.07) is 8.00. The third kappa shape index (κ3) is 2.74. The zero-order valence-electron chi connectivity index (χ0n) is 13.5. The molecule has 0 bridgehead atoms. The number of nitrogens with one attached hydrogen (secondary N) is 1. The average molecular weight is 343 g/mol. The molecule has 1 aliphatic rings. The van der Waals surface area contributed by atoms with Gasteiger partial charge in [0.2, 0.25) is 0 Å². The summed E-state index contributed by atoms with van der Waals surface area (Å²) in [7, 11) is 0. The van der Waals surface area contributed by atoms with Gasteiger partial charge < -0.3 is 4.98 Å². The first kappa shape index (κ1) is 15.4. The van der Waals surface area contributed by atoms with Crippen LogP contribution in [0, 0.1) is 6.92 Å². The Morgan fingerprint density at radius 3 is 3.00 bits per heavy atom. The number of pyridine rings is 1. The molecule has 1 N–H and O–H groups in total. The summed E-state index contributed by atoms with van der Waals surface area (Å²) in [5.41, 5.74) is 2.50. The first-order valence-corrected chi connectivity index (χ1v) is 8.52. The van der Waals surface area contributed by atoms with Crippen molar-refractivity contribution in [1.82, 2.24) is 19.7 Å². The molecule has 1 fully saturated rings. The molecule has 24 heavy (non-hydrogen) atoms. The van der Waals surface area contributed by atoms with E-state index in [0.29, 0.717) is 23.2 Å². The van der Waals surface area contributed by atoms with Gasteiger partial charge in [0.1, 0.15) is 0 Å². The van der Waals surface area contributed by atoms with Crippen LogP contribution in [0.25, 0.3) is 10.9 Å². The maximum atomic E-state index is 12.4. The highest BCUT2D eigenvalue weighted by atomic mass is 35.5. The third-order valence-electron chi connectivity index (χ3n) is 4.68. The molecule has 1 aliphatic heterocycles. The lowest BCUT2D eigenvalue weighted by molar-refractivity contribution is 0.310. The SMILES string of the molecule is Cc1cnn(C2CCN(Cc3c(Cl)c4ccccc4[nH]c3=O)C2)c1. The Kier molecular flexibility index (Phi) is 3.90. The van der Waals surface area contributed by atoms with E-state index in [9.17, 15) is 4.79 Å². The van der Waals surface area contributed by atoms with Gasteiger partial charge in [-0.15, -0.1) is 0 Å². The lowest BCUT2D eigenvalue weighted by Crippen LogP contribution is -2.26. The molecule has 2 aromatic heterocycles. The zero-order chi connectivity index (χ0) is 16.7. The lowest BCUT2D eigenvalue weighted by Gasteiger charge is -2.17. The number of benzene rings is 1. The van der Waals surface area contributed by atoms with E-state index >= 15 is 0 Å². The molecule has 5 nitrogen and oxygen atoms in total. The molecular formula is C18H19ClN4O.